The fourth-order valence-corrected chi connectivity index (χ4v) is 3.60. The van der Waals surface area contributed by atoms with Gasteiger partial charge in [-0.15, -0.1) is 11.3 Å². The minimum atomic E-state index is -0.288. The molecule has 0 aromatic carbocycles. The summed E-state index contributed by atoms with van der Waals surface area (Å²) >= 11 is 3.13. The Kier molecular flexibility index (Phi) is 4.29. The van der Waals surface area contributed by atoms with Crippen LogP contribution in [0.2, 0.25) is 0 Å². The van der Waals surface area contributed by atoms with E-state index in [1.54, 1.807) is 11.8 Å². The molecule has 0 fully saturated rings. The van der Waals surface area contributed by atoms with Gasteiger partial charge in [0.1, 0.15) is 10.4 Å². The van der Waals surface area contributed by atoms with E-state index in [-0.39, 0.29) is 5.97 Å². The van der Waals surface area contributed by atoms with Crippen molar-refractivity contribution in [1.29, 1.82) is 0 Å². The third-order valence-corrected chi connectivity index (χ3v) is 4.50. The monoisotopic (exact) mass is 284 g/mol. The number of nitrogens with zero attached hydrogens (tertiary/aromatic N) is 1. The minimum Gasteiger partial charge on any atom is -0.465 e. The van der Waals surface area contributed by atoms with E-state index in [1.807, 2.05) is 0 Å². The van der Waals surface area contributed by atoms with Crippen LogP contribution in [-0.2, 0) is 11.2 Å². The van der Waals surface area contributed by atoms with Crippen molar-refractivity contribution in [1.82, 2.24) is 9.97 Å². The summed E-state index contributed by atoms with van der Waals surface area (Å²) in [5, 5.41) is 0.873. The molecule has 0 aliphatic carbocycles. The summed E-state index contributed by atoms with van der Waals surface area (Å²) in [7, 11) is 1.41. The van der Waals surface area contributed by atoms with Crippen molar-refractivity contribution in [3.05, 3.63) is 9.75 Å². The molecule has 2 aromatic heterocycles. The van der Waals surface area contributed by atoms with Crippen LogP contribution in [0.25, 0.3) is 11.0 Å². The predicted molar refractivity (Wildman–Crippen MR) is 75.7 cm³/mol. The lowest BCUT2D eigenvalue weighted by Crippen LogP contribution is -1.98. The lowest BCUT2D eigenvalue weighted by molar-refractivity contribution is 0.0608. The third kappa shape index (κ3) is 2.40. The fourth-order valence-electron chi connectivity index (χ4n) is 1.78. The SMILES string of the molecule is CCCc1sc(C(=O)OC)c2[nH]c(SCC)nc12. The van der Waals surface area contributed by atoms with Crippen molar-refractivity contribution in [2.45, 2.75) is 31.8 Å². The highest BCUT2D eigenvalue weighted by molar-refractivity contribution is 7.99. The molecule has 98 valence electrons. The van der Waals surface area contributed by atoms with E-state index >= 15 is 0 Å². The molecule has 0 atom stereocenters. The first-order valence-electron chi connectivity index (χ1n) is 5.93. The average Bonchev–Trinajstić information content (AvgIpc) is 2.89. The second-order valence-corrected chi connectivity index (χ2v) is 6.15. The molecular formula is C12H16N2O2S2. The molecule has 0 spiro atoms. The molecule has 0 radical (unpaired) electrons. The number of carbonyl (C=O) groups excluding carboxylic acids is 1. The maximum absolute atomic E-state index is 11.7. The third-order valence-electron chi connectivity index (χ3n) is 2.53. The first-order valence-corrected chi connectivity index (χ1v) is 7.73. The van der Waals surface area contributed by atoms with Gasteiger partial charge in [0.15, 0.2) is 5.16 Å². The number of nitrogens with one attached hydrogen (secondary N) is 1. The van der Waals surface area contributed by atoms with Gasteiger partial charge in [0.05, 0.1) is 12.6 Å². The summed E-state index contributed by atoms with van der Waals surface area (Å²) in [4.78, 5) is 21.3. The van der Waals surface area contributed by atoms with Crippen molar-refractivity contribution in [2.75, 3.05) is 12.9 Å². The summed E-state index contributed by atoms with van der Waals surface area (Å²) in [6.07, 6.45) is 1.98. The highest BCUT2D eigenvalue weighted by Crippen LogP contribution is 2.33. The van der Waals surface area contributed by atoms with E-state index in [1.165, 1.54) is 18.4 Å². The lowest BCUT2D eigenvalue weighted by atomic mass is 10.2. The van der Waals surface area contributed by atoms with Crippen LogP contribution in [0.3, 0.4) is 0 Å². The number of hydrogen-bond donors (Lipinski definition) is 1. The molecule has 0 bridgehead atoms. The Balaban J connectivity index is 2.52. The first kappa shape index (κ1) is 13.4. The van der Waals surface area contributed by atoms with Crippen LogP contribution in [0.4, 0.5) is 0 Å². The van der Waals surface area contributed by atoms with Crippen LogP contribution in [0.1, 0.15) is 34.8 Å². The Bertz CT molecular complexity index is 560. The van der Waals surface area contributed by atoms with Crippen LogP contribution in [0.5, 0.6) is 0 Å². The van der Waals surface area contributed by atoms with Gasteiger partial charge in [-0.25, -0.2) is 9.78 Å². The van der Waals surface area contributed by atoms with Crippen LogP contribution < -0.4 is 0 Å². The van der Waals surface area contributed by atoms with Crippen molar-refractivity contribution in [3.8, 4) is 0 Å². The van der Waals surface area contributed by atoms with Gasteiger partial charge in [-0.2, -0.15) is 0 Å². The van der Waals surface area contributed by atoms with Gasteiger partial charge in [0, 0.05) is 4.88 Å². The molecular weight excluding hydrogens is 268 g/mol. The van der Waals surface area contributed by atoms with Crippen molar-refractivity contribution >= 4 is 40.1 Å². The molecule has 0 saturated heterocycles. The zero-order valence-corrected chi connectivity index (χ0v) is 12.3. The molecule has 0 amide bonds. The molecule has 2 aromatic rings. The number of esters is 1. The number of H-pyrrole nitrogens is 1. The number of thioether (sulfide) groups is 1. The normalized spacial score (nSPS) is 11.1. The topological polar surface area (TPSA) is 55.0 Å². The van der Waals surface area contributed by atoms with Crippen LogP contribution in [0, 0.1) is 0 Å². The quantitative estimate of drug-likeness (QED) is 0.674. The number of aromatic amines is 1. The largest absolute Gasteiger partial charge is 0.465 e. The molecule has 0 aliphatic rings. The summed E-state index contributed by atoms with van der Waals surface area (Å²) in [6.45, 7) is 4.20. The van der Waals surface area contributed by atoms with Gasteiger partial charge in [-0.1, -0.05) is 32.0 Å². The van der Waals surface area contributed by atoms with Crippen molar-refractivity contribution < 1.29 is 9.53 Å². The van der Waals surface area contributed by atoms with Crippen LogP contribution in [-0.4, -0.2) is 28.8 Å². The van der Waals surface area contributed by atoms with E-state index in [2.05, 4.69) is 23.8 Å². The number of carbonyl (C=O) groups is 1. The molecule has 0 unspecified atom stereocenters. The van der Waals surface area contributed by atoms with Crippen LogP contribution in [0.15, 0.2) is 5.16 Å². The second kappa shape index (κ2) is 5.75. The van der Waals surface area contributed by atoms with Gasteiger partial charge < -0.3 is 9.72 Å². The van der Waals surface area contributed by atoms with Gasteiger partial charge >= 0.3 is 5.97 Å². The molecule has 0 aliphatic heterocycles. The smallest absolute Gasteiger partial charge is 0.350 e. The Hall–Kier alpha value is -1.01. The molecule has 2 rings (SSSR count). The van der Waals surface area contributed by atoms with Gasteiger partial charge in [-0.05, 0) is 12.2 Å². The zero-order chi connectivity index (χ0) is 13.1. The number of aryl methyl sites for hydroxylation is 1. The van der Waals surface area contributed by atoms with E-state index in [4.69, 9.17) is 4.74 Å². The molecule has 0 saturated carbocycles. The average molecular weight is 284 g/mol. The standard InChI is InChI=1S/C12H16N2O2S2/c1-4-6-7-8-9(10(18-7)11(15)16-3)14-12(13-8)17-5-2/h4-6H2,1-3H3,(H,13,14). The Labute approximate surface area is 114 Å². The number of rotatable bonds is 5. The molecule has 2 heterocycles. The zero-order valence-electron chi connectivity index (χ0n) is 10.7. The second-order valence-electron chi connectivity index (χ2n) is 3.79. The van der Waals surface area contributed by atoms with Gasteiger partial charge in [-0.3, -0.25) is 0 Å². The predicted octanol–water partition coefficient (Wildman–Crippen LogP) is 3.48. The number of ether oxygens (including phenoxy) is 1. The maximum atomic E-state index is 11.7. The summed E-state index contributed by atoms with van der Waals surface area (Å²) in [5.41, 5.74) is 1.75. The van der Waals surface area contributed by atoms with Gasteiger partial charge in [0.2, 0.25) is 0 Å². The van der Waals surface area contributed by atoms with E-state index in [9.17, 15) is 4.79 Å². The van der Waals surface area contributed by atoms with E-state index < -0.39 is 0 Å². The summed E-state index contributed by atoms with van der Waals surface area (Å²) in [6, 6.07) is 0. The van der Waals surface area contributed by atoms with E-state index in [0.717, 1.165) is 39.7 Å². The number of imidazole rings is 1. The Morgan fingerprint density at radius 3 is 2.89 bits per heavy atom. The number of thiophene rings is 1. The van der Waals surface area contributed by atoms with Crippen LogP contribution >= 0.6 is 23.1 Å². The number of aromatic nitrogens is 2. The highest BCUT2D eigenvalue weighted by atomic mass is 32.2. The minimum absolute atomic E-state index is 0.288. The molecule has 18 heavy (non-hydrogen) atoms. The molecule has 4 nitrogen and oxygen atoms in total. The van der Waals surface area contributed by atoms with Gasteiger partial charge in [0.25, 0.3) is 0 Å². The highest BCUT2D eigenvalue weighted by Gasteiger charge is 2.20. The number of hydrogen-bond acceptors (Lipinski definition) is 5. The molecule has 6 heteroatoms. The summed E-state index contributed by atoms with van der Waals surface area (Å²) in [5.74, 6) is 0.667. The molecule has 1 N–H and O–H groups in total. The Morgan fingerprint density at radius 2 is 2.28 bits per heavy atom. The van der Waals surface area contributed by atoms with Crippen molar-refractivity contribution in [3.63, 3.8) is 0 Å². The van der Waals surface area contributed by atoms with Crippen molar-refractivity contribution in [2.24, 2.45) is 0 Å². The maximum Gasteiger partial charge on any atom is 0.350 e. The summed E-state index contributed by atoms with van der Waals surface area (Å²) < 4.78 is 4.82. The Morgan fingerprint density at radius 1 is 1.50 bits per heavy atom. The fraction of sp³-hybridized carbons (Fsp3) is 0.500. The first-order chi connectivity index (χ1) is 8.71. The number of methoxy groups -OCH3 is 1. The lowest BCUT2D eigenvalue weighted by Gasteiger charge is -1.95. The van der Waals surface area contributed by atoms with E-state index in [0.29, 0.717) is 4.88 Å². The number of fused-ring (bicyclic) bond motifs is 1.